The number of rotatable bonds is 4. The Kier molecular flexibility index (Phi) is 3.18. The quantitative estimate of drug-likeness (QED) is 0.880. The van der Waals surface area contributed by atoms with Crippen LogP contribution in [-0.2, 0) is 0 Å². The van der Waals surface area contributed by atoms with E-state index in [-0.39, 0.29) is 6.04 Å². The van der Waals surface area contributed by atoms with Crippen molar-refractivity contribution in [2.24, 2.45) is 0 Å². The molecule has 0 amide bonds. The number of hydrogen-bond acceptors (Lipinski definition) is 5. The lowest BCUT2D eigenvalue weighted by atomic mass is 10.1. The summed E-state index contributed by atoms with van der Waals surface area (Å²) in [5.74, 6) is 2.57. The van der Waals surface area contributed by atoms with Gasteiger partial charge in [0, 0.05) is 18.2 Å². The summed E-state index contributed by atoms with van der Waals surface area (Å²) in [6.45, 7) is 3.50. The predicted octanol–water partition coefficient (Wildman–Crippen LogP) is 2.45. The van der Waals surface area contributed by atoms with Crippen molar-refractivity contribution in [2.75, 3.05) is 23.8 Å². The van der Waals surface area contributed by atoms with Gasteiger partial charge in [-0.2, -0.15) is 0 Å². The van der Waals surface area contributed by atoms with E-state index < -0.39 is 0 Å². The molecule has 1 aliphatic rings. The summed E-state index contributed by atoms with van der Waals surface area (Å²) in [5, 5.41) is 6.55. The Morgan fingerprint density at radius 3 is 3.00 bits per heavy atom. The molecule has 1 unspecified atom stereocenters. The molecule has 1 aromatic heterocycles. The van der Waals surface area contributed by atoms with Gasteiger partial charge in [0.15, 0.2) is 0 Å². The van der Waals surface area contributed by atoms with Crippen molar-refractivity contribution in [2.45, 2.75) is 13.0 Å². The second kappa shape index (κ2) is 5.14. The Hall–Kier alpha value is -2.30. The van der Waals surface area contributed by atoms with Gasteiger partial charge in [-0.15, -0.1) is 0 Å². The summed E-state index contributed by atoms with van der Waals surface area (Å²) >= 11 is 0. The van der Waals surface area contributed by atoms with Gasteiger partial charge in [-0.1, -0.05) is 18.2 Å². The molecule has 19 heavy (non-hydrogen) atoms. The van der Waals surface area contributed by atoms with Crippen LogP contribution in [0.1, 0.15) is 18.5 Å². The number of fused-ring (bicyclic) bond motifs is 1. The molecule has 1 aliphatic heterocycles. The van der Waals surface area contributed by atoms with E-state index in [2.05, 4.69) is 26.7 Å². The minimum Gasteiger partial charge on any atom is -0.491 e. The third kappa shape index (κ3) is 2.45. The third-order valence-electron chi connectivity index (χ3n) is 3.05. The van der Waals surface area contributed by atoms with Crippen LogP contribution in [0.5, 0.6) is 5.75 Å². The molecule has 2 N–H and O–H groups in total. The van der Waals surface area contributed by atoms with Crippen LogP contribution in [0.3, 0.4) is 0 Å². The summed E-state index contributed by atoms with van der Waals surface area (Å²) in [6.07, 6.45) is 1.56. The zero-order valence-electron chi connectivity index (χ0n) is 10.8. The molecular weight excluding hydrogens is 240 g/mol. The molecule has 0 radical (unpaired) electrons. The molecule has 1 aromatic carbocycles. The summed E-state index contributed by atoms with van der Waals surface area (Å²) in [6, 6.07) is 10.1. The van der Waals surface area contributed by atoms with Crippen molar-refractivity contribution < 1.29 is 4.74 Å². The van der Waals surface area contributed by atoms with Crippen molar-refractivity contribution in [1.82, 2.24) is 9.97 Å². The zero-order chi connectivity index (χ0) is 13.1. The van der Waals surface area contributed by atoms with Crippen molar-refractivity contribution in [3.63, 3.8) is 0 Å². The first-order valence-corrected chi connectivity index (χ1v) is 6.41. The lowest BCUT2D eigenvalue weighted by Crippen LogP contribution is -2.13. The van der Waals surface area contributed by atoms with Gasteiger partial charge in [-0.25, -0.2) is 9.97 Å². The van der Waals surface area contributed by atoms with Crippen LogP contribution >= 0.6 is 0 Å². The van der Waals surface area contributed by atoms with Gasteiger partial charge in [-0.05, 0) is 13.0 Å². The topological polar surface area (TPSA) is 59.1 Å². The monoisotopic (exact) mass is 256 g/mol. The molecule has 1 atom stereocenters. The summed E-state index contributed by atoms with van der Waals surface area (Å²) in [7, 11) is 0. The Morgan fingerprint density at radius 1 is 1.26 bits per heavy atom. The van der Waals surface area contributed by atoms with Gasteiger partial charge >= 0.3 is 0 Å². The minimum absolute atomic E-state index is 0.139. The van der Waals surface area contributed by atoms with E-state index in [4.69, 9.17) is 4.74 Å². The lowest BCUT2D eigenvalue weighted by molar-refractivity contribution is 0.339. The molecule has 98 valence electrons. The number of anilines is 2. The Labute approximate surface area is 112 Å². The largest absolute Gasteiger partial charge is 0.491 e. The molecule has 0 aliphatic carbocycles. The Morgan fingerprint density at radius 2 is 2.11 bits per heavy atom. The number of aromatic nitrogens is 2. The number of benzene rings is 1. The predicted molar refractivity (Wildman–Crippen MR) is 74.5 cm³/mol. The first-order chi connectivity index (χ1) is 9.36. The van der Waals surface area contributed by atoms with Crippen LogP contribution in [0.4, 0.5) is 11.6 Å². The molecule has 0 fully saturated rings. The number of hydrogen-bond donors (Lipinski definition) is 2. The average Bonchev–Trinajstić information content (AvgIpc) is 2.83. The molecule has 0 bridgehead atoms. The lowest BCUT2D eigenvalue weighted by Gasteiger charge is -2.13. The highest BCUT2D eigenvalue weighted by Crippen LogP contribution is 2.33. The van der Waals surface area contributed by atoms with Crippen LogP contribution in [0, 0.1) is 0 Å². The molecule has 2 heterocycles. The number of para-hydroxylation sites is 1. The molecule has 5 nitrogen and oxygen atoms in total. The van der Waals surface area contributed by atoms with E-state index >= 15 is 0 Å². The van der Waals surface area contributed by atoms with Crippen LogP contribution in [0.25, 0.3) is 0 Å². The Bertz CT molecular complexity index is 573. The highest BCUT2D eigenvalue weighted by atomic mass is 16.5. The Balaban J connectivity index is 1.77. The number of nitrogens with one attached hydrogen (secondary N) is 2. The average molecular weight is 256 g/mol. The normalized spacial score (nSPS) is 16.6. The van der Waals surface area contributed by atoms with Crippen LogP contribution < -0.4 is 15.4 Å². The fourth-order valence-electron chi connectivity index (χ4n) is 2.17. The van der Waals surface area contributed by atoms with E-state index in [1.807, 2.05) is 31.2 Å². The maximum atomic E-state index is 5.64. The van der Waals surface area contributed by atoms with Crippen LogP contribution in [0.2, 0.25) is 0 Å². The summed E-state index contributed by atoms with van der Waals surface area (Å²) in [4.78, 5) is 8.39. The van der Waals surface area contributed by atoms with Gasteiger partial charge in [0.1, 0.15) is 30.3 Å². The van der Waals surface area contributed by atoms with Crippen LogP contribution in [0.15, 0.2) is 36.7 Å². The molecule has 0 saturated heterocycles. The maximum absolute atomic E-state index is 5.64. The van der Waals surface area contributed by atoms with E-state index in [1.165, 1.54) is 5.56 Å². The SMILES string of the molecule is CCNc1cc(NC2COc3ccccc32)ncn1. The molecule has 0 spiro atoms. The molecule has 5 heteroatoms. The zero-order valence-corrected chi connectivity index (χ0v) is 10.8. The first-order valence-electron chi connectivity index (χ1n) is 6.41. The van der Waals surface area contributed by atoms with Gasteiger partial charge in [0.25, 0.3) is 0 Å². The van der Waals surface area contributed by atoms with Gasteiger partial charge in [-0.3, -0.25) is 0 Å². The van der Waals surface area contributed by atoms with Crippen molar-refractivity contribution in [3.05, 3.63) is 42.2 Å². The van der Waals surface area contributed by atoms with Crippen molar-refractivity contribution >= 4 is 11.6 Å². The highest BCUT2D eigenvalue weighted by Gasteiger charge is 2.23. The van der Waals surface area contributed by atoms with E-state index in [1.54, 1.807) is 6.33 Å². The molecule has 0 saturated carbocycles. The molecule has 3 rings (SSSR count). The van der Waals surface area contributed by atoms with Crippen molar-refractivity contribution in [1.29, 1.82) is 0 Å². The van der Waals surface area contributed by atoms with Gasteiger partial charge < -0.3 is 15.4 Å². The van der Waals surface area contributed by atoms with E-state index in [9.17, 15) is 0 Å². The van der Waals surface area contributed by atoms with Crippen LogP contribution in [-0.4, -0.2) is 23.1 Å². The van der Waals surface area contributed by atoms with E-state index in [0.717, 1.165) is 23.9 Å². The van der Waals surface area contributed by atoms with Gasteiger partial charge in [0.05, 0.1) is 6.04 Å². The third-order valence-corrected chi connectivity index (χ3v) is 3.05. The summed E-state index contributed by atoms with van der Waals surface area (Å²) in [5.41, 5.74) is 1.17. The smallest absolute Gasteiger partial charge is 0.132 e. The first kappa shape index (κ1) is 11.8. The van der Waals surface area contributed by atoms with Crippen molar-refractivity contribution in [3.8, 4) is 5.75 Å². The molecular formula is C14H16N4O. The standard InChI is InChI=1S/C14H16N4O/c1-2-15-13-7-14(17-9-16-13)18-11-8-19-12-6-4-3-5-10(11)12/h3-7,9,11H,2,8H2,1H3,(H2,15,16,17,18). The number of nitrogens with zero attached hydrogens (tertiary/aromatic N) is 2. The fourth-order valence-corrected chi connectivity index (χ4v) is 2.17. The maximum Gasteiger partial charge on any atom is 0.132 e. The second-order valence-electron chi connectivity index (χ2n) is 4.36. The summed E-state index contributed by atoms with van der Waals surface area (Å²) < 4.78 is 5.64. The minimum atomic E-state index is 0.139. The van der Waals surface area contributed by atoms with E-state index in [0.29, 0.717) is 6.61 Å². The highest BCUT2D eigenvalue weighted by molar-refractivity contribution is 5.50. The number of ether oxygens (including phenoxy) is 1. The second-order valence-corrected chi connectivity index (χ2v) is 4.36. The fraction of sp³-hybridized carbons (Fsp3) is 0.286. The molecule has 2 aromatic rings. The van der Waals surface area contributed by atoms with Gasteiger partial charge in [0.2, 0.25) is 0 Å².